The molecular weight excluding hydrogens is 136 g/mol. The Morgan fingerprint density at radius 2 is 1.45 bits per heavy atom. The first-order valence-corrected chi connectivity index (χ1v) is 4.96. The van der Waals surface area contributed by atoms with Crippen LogP contribution in [0.4, 0.5) is 0 Å². The number of aliphatic hydroxyl groups excluding tert-OH is 1. The van der Waals surface area contributed by atoms with E-state index in [1.165, 1.54) is 0 Å². The van der Waals surface area contributed by atoms with Crippen molar-refractivity contribution in [2.24, 2.45) is 46.8 Å². The van der Waals surface area contributed by atoms with Crippen LogP contribution in [0, 0.1) is 46.8 Å². The molecule has 6 aliphatic carbocycles. The van der Waals surface area contributed by atoms with E-state index in [1.807, 2.05) is 0 Å². The van der Waals surface area contributed by atoms with Gasteiger partial charge in [-0.3, -0.25) is 0 Å². The zero-order chi connectivity index (χ0) is 7.12. The Morgan fingerprint density at radius 1 is 0.909 bits per heavy atom. The first-order valence-electron chi connectivity index (χ1n) is 4.96. The summed E-state index contributed by atoms with van der Waals surface area (Å²) in [6, 6.07) is 0. The minimum Gasteiger partial charge on any atom is -0.393 e. The number of rotatable bonds is 0. The van der Waals surface area contributed by atoms with E-state index in [-0.39, 0.29) is 6.10 Å². The van der Waals surface area contributed by atoms with Gasteiger partial charge in [-0.05, 0) is 46.8 Å². The first kappa shape index (κ1) is 4.86. The Balaban J connectivity index is 1.84. The summed E-state index contributed by atoms with van der Waals surface area (Å²) >= 11 is 0. The van der Waals surface area contributed by atoms with Crippen LogP contribution in [0.5, 0.6) is 0 Å². The molecule has 2 bridgehead atoms. The van der Waals surface area contributed by atoms with Crippen LogP contribution >= 0.6 is 0 Å². The molecular formula is C10H12O. The van der Waals surface area contributed by atoms with Gasteiger partial charge in [0.25, 0.3) is 0 Å². The summed E-state index contributed by atoms with van der Waals surface area (Å²) in [7, 11) is 0. The van der Waals surface area contributed by atoms with Crippen LogP contribution < -0.4 is 0 Å². The minimum atomic E-state index is 0.145. The smallest absolute Gasteiger partial charge is 0.0608 e. The minimum absolute atomic E-state index is 0.145. The predicted molar refractivity (Wildman–Crippen MR) is 38.5 cm³/mol. The molecule has 0 aliphatic heterocycles. The molecule has 0 saturated heterocycles. The maximum absolute atomic E-state index is 9.86. The SMILES string of the molecule is CC12C3[C@H]4C5[C@H](O)C([C@H]41)[C@@H]2[C@H]53. The molecule has 0 aromatic rings. The standard InChI is InChI=1S/C10H12O/c1-10-6-3-2-4(6)8(10)5(7(3)10)9(2)11/h2-9,11H,1H3/t2?,3-,4-,5?,6?,7+,8+,9+,10?/m1/s1. The predicted octanol–water partition coefficient (Wildman–Crippen LogP) is 0.735. The summed E-state index contributed by atoms with van der Waals surface area (Å²) in [4.78, 5) is 0. The van der Waals surface area contributed by atoms with E-state index in [2.05, 4.69) is 6.92 Å². The quantitative estimate of drug-likeness (QED) is 0.537. The molecule has 6 saturated carbocycles. The van der Waals surface area contributed by atoms with Crippen molar-refractivity contribution in [1.82, 2.24) is 0 Å². The third kappa shape index (κ3) is 0.188. The van der Waals surface area contributed by atoms with E-state index in [4.69, 9.17) is 0 Å². The van der Waals surface area contributed by atoms with Gasteiger partial charge in [-0.15, -0.1) is 0 Å². The molecule has 0 spiro atoms. The number of hydrogen-bond donors (Lipinski definition) is 1. The van der Waals surface area contributed by atoms with E-state index in [0.29, 0.717) is 0 Å². The Hall–Kier alpha value is -0.0400. The van der Waals surface area contributed by atoms with Gasteiger partial charge in [-0.1, -0.05) is 6.92 Å². The van der Waals surface area contributed by atoms with Crippen molar-refractivity contribution in [3.63, 3.8) is 0 Å². The Bertz CT molecular complexity index is 277. The van der Waals surface area contributed by atoms with Crippen LogP contribution in [0.3, 0.4) is 0 Å². The van der Waals surface area contributed by atoms with Crippen LogP contribution in [0.25, 0.3) is 0 Å². The molecule has 0 aromatic carbocycles. The Morgan fingerprint density at radius 3 is 1.91 bits per heavy atom. The molecule has 0 unspecified atom stereocenters. The van der Waals surface area contributed by atoms with Crippen molar-refractivity contribution in [2.45, 2.75) is 13.0 Å². The van der Waals surface area contributed by atoms with Crippen molar-refractivity contribution in [1.29, 1.82) is 0 Å². The van der Waals surface area contributed by atoms with E-state index < -0.39 is 0 Å². The summed E-state index contributed by atoms with van der Waals surface area (Å²) in [6.07, 6.45) is 0.145. The summed E-state index contributed by atoms with van der Waals surface area (Å²) in [5.41, 5.74) is 0.772. The summed E-state index contributed by atoms with van der Waals surface area (Å²) in [6.45, 7) is 2.48. The lowest BCUT2D eigenvalue weighted by Crippen LogP contribution is -2.87. The number of hydrogen-bond acceptors (Lipinski definition) is 1. The zero-order valence-corrected chi connectivity index (χ0v) is 6.57. The second-order valence-corrected chi connectivity index (χ2v) is 5.74. The van der Waals surface area contributed by atoms with Gasteiger partial charge >= 0.3 is 0 Å². The lowest BCUT2D eigenvalue weighted by Gasteiger charge is -2.90. The van der Waals surface area contributed by atoms with Gasteiger partial charge in [-0.25, -0.2) is 0 Å². The molecule has 0 amide bonds. The molecule has 0 heterocycles. The van der Waals surface area contributed by atoms with Crippen molar-refractivity contribution in [3.05, 3.63) is 0 Å². The molecule has 6 rings (SSSR count). The Kier molecular flexibility index (Phi) is 0.393. The van der Waals surface area contributed by atoms with Crippen LogP contribution in [0.15, 0.2) is 0 Å². The molecule has 6 aliphatic rings. The van der Waals surface area contributed by atoms with Crippen LogP contribution in [-0.2, 0) is 0 Å². The molecule has 0 radical (unpaired) electrons. The molecule has 1 heteroatoms. The van der Waals surface area contributed by atoms with Gasteiger partial charge in [0.2, 0.25) is 0 Å². The van der Waals surface area contributed by atoms with Crippen LogP contribution in [0.1, 0.15) is 6.92 Å². The highest BCUT2D eigenvalue weighted by Gasteiger charge is 2.98. The lowest BCUT2D eigenvalue weighted by molar-refractivity contribution is -0.440. The highest BCUT2D eigenvalue weighted by Crippen LogP contribution is 2.99. The van der Waals surface area contributed by atoms with Crippen LogP contribution in [0.2, 0.25) is 0 Å². The van der Waals surface area contributed by atoms with E-state index in [9.17, 15) is 5.11 Å². The zero-order valence-electron chi connectivity index (χ0n) is 6.57. The summed E-state index contributed by atoms with van der Waals surface area (Å²) in [5, 5.41) is 9.86. The van der Waals surface area contributed by atoms with Gasteiger partial charge in [0.1, 0.15) is 0 Å². The fraction of sp³-hybridized carbons (Fsp3) is 1.00. The van der Waals surface area contributed by atoms with E-state index in [1.54, 1.807) is 0 Å². The van der Waals surface area contributed by atoms with Crippen LogP contribution in [-0.4, -0.2) is 11.2 Å². The maximum atomic E-state index is 9.86. The average Bonchev–Trinajstić information content (AvgIpc) is 2.16. The molecule has 58 valence electrons. The molecule has 11 heavy (non-hydrogen) atoms. The first-order chi connectivity index (χ1) is 5.28. The van der Waals surface area contributed by atoms with Gasteiger partial charge in [-0.2, -0.15) is 0 Å². The topological polar surface area (TPSA) is 20.2 Å². The lowest BCUT2D eigenvalue weighted by atomic mass is 9.14. The molecule has 1 nitrogen and oxygen atoms in total. The van der Waals surface area contributed by atoms with E-state index in [0.717, 1.165) is 46.8 Å². The van der Waals surface area contributed by atoms with Gasteiger partial charge in [0, 0.05) is 0 Å². The monoisotopic (exact) mass is 148 g/mol. The van der Waals surface area contributed by atoms with Gasteiger partial charge in [0.15, 0.2) is 0 Å². The number of aliphatic hydroxyl groups is 1. The normalized spacial score (nSPS) is 96.5. The molecule has 1 N–H and O–H groups in total. The summed E-state index contributed by atoms with van der Waals surface area (Å²) in [5.74, 6) is 6.66. The third-order valence-electron chi connectivity index (χ3n) is 6.32. The fourth-order valence-corrected chi connectivity index (χ4v) is 6.44. The second kappa shape index (κ2) is 0.891. The van der Waals surface area contributed by atoms with Gasteiger partial charge < -0.3 is 5.11 Å². The van der Waals surface area contributed by atoms with Crippen molar-refractivity contribution < 1.29 is 5.11 Å². The molecule has 0 aromatic heterocycles. The average molecular weight is 148 g/mol. The highest BCUT2D eigenvalue weighted by molar-refractivity contribution is 5.44. The summed E-state index contributed by atoms with van der Waals surface area (Å²) < 4.78 is 0. The van der Waals surface area contributed by atoms with Crippen molar-refractivity contribution >= 4 is 0 Å². The van der Waals surface area contributed by atoms with Crippen molar-refractivity contribution in [3.8, 4) is 0 Å². The largest absolute Gasteiger partial charge is 0.393 e. The van der Waals surface area contributed by atoms with E-state index >= 15 is 0 Å². The third-order valence-corrected chi connectivity index (χ3v) is 6.32. The maximum Gasteiger partial charge on any atom is 0.0608 e. The second-order valence-electron chi connectivity index (χ2n) is 5.74. The Labute approximate surface area is 65.8 Å². The van der Waals surface area contributed by atoms with Crippen molar-refractivity contribution in [2.75, 3.05) is 0 Å². The fourth-order valence-electron chi connectivity index (χ4n) is 6.44. The van der Waals surface area contributed by atoms with Gasteiger partial charge in [0.05, 0.1) is 6.10 Å². The molecule has 5 atom stereocenters. The molecule has 6 fully saturated rings. The highest BCUT2D eigenvalue weighted by atomic mass is 16.3.